The molecule has 0 unspecified atom stereocenters. The van der Waals surface area contributed by atoms with Crippen molar-refractivity contribution in [3.05, 3.63) is 24.3 Å². The largest absolute Gasteiger partial charge is 0.497 e. The number of sulfonamides is 1. The van der Waals surface area contributed by atoms with Crippen molar-refractivity contribution >= 4 is 15.9 Å². The number of likely N-dealkylation sites (tertiary alicyclic amines) is 1. The molecular formula is C21H33N3O4S. The molecule has 1 amide bonds. The topological polar surface area (TPSA) is 79.0 Å². The van der Waals surface area contributed by atoms with E-state index >= 15 is 0 Å². The highest BCUT2D eigenvalue weighted by atomic mass is 32.2. The van der Waals surface area contributed by atoms with Gasteiger partial charge in [0.2, 0.25) is 15.9 Å². The minimum atomic E-state index is -3.61. The second-order valence-electron chi connectivity index (χ2n) is 7.92. The van der Waals surface area contributed by atoms with E-state index < -0.39 is 10.0 Å². The number of hydrogen-bond donors (Lipinski definition) is 1. The predicted octanol–water partition coefficient (Wildman–Crippen LogP) is 2.09. The van der Waals surface area contributed by atoms with Crippen LogP contribution in [-0.4, -0.2) is 69.9 Å². The first-order chi connectivity index (χ1) is 14.0. The van der Waals surface area contributed by atoms with Gasteiger partial charge < -0.3 is 15.0 Å². The normalized spacial score (nSPS) is 22.0. The van der Waals surface area contributed by atoms with Gasteiger partial charge in [-0.15, -0.1) is 0 Å². The Balaban J connectivity index is 1.52. The quantitative estimate of drug-likeness (QED) is 0.727. The number of carbonyl (C=O) groups excluding carboxylic acids is 1. The van der Waals surface area contributed by atoms with Crippen molar-refractivity contribution < 1.29 is 17.9 Å². The summed E-state index contributed by atoms with van der Waals surface area (Å²) in [6.07, 6.45) is 6.47. The smallest absolute Gasteiger partial charge is 0.243 e. The SMILES string of the molecule is COc1ccc(S(=O)(=O)N2CCC[C@@H](C(=O)NCCN3CCCCCC3)C2)cc1. The molecule has 3 rings (SSSR count). The number of nitrogens with one attached hydrogen (secondary N) is 1. The van der Waals surface area contributed by atoms with Gasteiger partial charge in [-0.3, -0.25) is 4.79 Å². The van der Waals surface area contributed by atoms with E-state index in [1.165, 1.54) is 30.0 Å². The Morgan fingerprint density at radius 1 is 1.07 bits per heavy atom. The number of hydrogen-bond acceptors (Lipinski definition) is 5. The highest BCUT2D eigenvalue weighted by Crippen LogP contribution is 2.25. The fraction of sp³-hybridized carbons (Fsp3) is 0.667. The zero-order chi connectivity index (χ0) is 20.7. The van der Waals surface area contributed by atoms with Crippen LogP contribution >= 0.6 is 0 Å². The van der Waals surface area contributed by atoms with Crippen LogP contribution in [0.3, 0.4) is 0 Å². The zero-order valence-corrected chi connectivity index (χ0v) is 18.1. The number of ether oxygens (including phenoxy) is 1. The van der Waals surface area contributed by atoms with Crippen molar-refractivity contribution in [1.82, 2.24) is 14.5 Å². The fourth-order valence-electron chi connectivity index (χ4n) is 4.11. The third-order valence-electron chi connectivity index (χ3n) is 5.88. The van der Waals surface area contributed by atoms with E-state index in [2.05, 4.69) is 10.2 Å². The second-order valence-corrected chi connectivity index (χ2v) is 9.86. The van der Waals surface area contributed by atoms with Crippen LogP contribution in [0.4, 0.5) is 0 Å². The number of rotatable bonds is 7. The van der Waals surface area contributed by atoms with Crippen LogP contribution in [0, 0.1) is 5.92 Å². The van der Waals surface area contributed by atoms with Crippen LogP contribution in [-0.2, 0) is 14.8 Å². The molecule has 0 radical (unpaired) electrons. The molecular weight excluding hydrogens is 390 g/mol. The molecule has 1 atom stereocenters. The van der Waals surface area contributed by atoms with E-state index in [1.807, 2.05) is 0 Å². The zero-order valence-electron chi connectivity index (χ0n) is 17.3. The second kappa shape index (κ2) is 10.4. The monoisotopic (exact) mass is 423 g/mol. The molecule has 2 saturated heterocycles. The lowest BCUT2D eigenvalue weighted by Gasteiger charge is -2.31. The third kappa shape index (κ3) is 5.93. The van der Waals surface area contributed by atoms with E-state index in [0.29, 0.717) is 25.3 Å². The lowest BCUT2D eigenvalue weighted by Crippen LogP contribution is -2.46. The fourth-order valence-corrected chi connectivity index (χ4v) is 5.64. The van der Waals surface area contributed by atoms with Gasteiger partial charge in [-0.1, -0.05) is 12.8 Å². The van der Waals surface area contributed by atoms with Gasteiger partial charge in [0.1, 0.15) is 5.75 Å². The van der Waals surface area contributed by atoms with Crippen molar-refractivity contribution in [2.24, 2.45) is 5.92 Å². The van der Waals surface area contributed by atoms with Crippen molar-refractivity contribution in [2.75, 3.05) is 46.4 Å². The molecule has 0 bridgehead atoms. The van der Waals surface area contributed by atoms with E-state index in [-0.39, 0.29) is 23.3 Å². The van der Waals surface area contributed by atoms with Gasteiger partial charge in [-0.05, 0) is 63.0 Å². The van der Waals surface area contributed by atoms with Gasteiger partial charge >= 0.3 is 0 Å². The first-order valence-corrected chi connectivity index (χ1v) is 12.1. The van der Waals surface area contributed by atoms with Crippen molar-refractivity contribution in [3.8, 4) is 5.75 Å². The summed E-state index contributed by atoms with van der Waals surface area (Å²) in [5.74, 6) is 0.291. The molecule has 2 aliphatic heterocycles. The molecule has 2 heterocycles. The predicted molar refractivity (Wildman–Crippen MR) is 112 cm³/mol. The Labute approximate surface area is 174 Å². The van der Waals surface area contributed by atoms with Crippen molar-refractivity contribution in [2.45, 2.75) is 43.4 Å². The van der Waals surface area contributed by atoms with Gasteiger partial charge in [0, 0.05) is 26.2 Å². The standard InChI is InChI=1S/C21H33N3O4S/c1-28-19-8-10-20(11-9-19)29(26,27)24-15-6-7-18(17-24)21(25)22-12-16-23-13-4-2-3-5-14-23/h8-11,18H,2-7,12-17H2,1H3,(H,22,25)/t18-/m1/s1. The molecule has 8 heteroatoms. The van der Waals surface area contributed by atoms with Gasteiger partial charge in [-0.25, -0.2) is 8.42 Å². The van der Waals surface area contributed by atoms with Gasteiger partial charge in [-0.2, -0.15) is 4.31 Å². The van der Waals surface area contributed by atoms with Gasteiger partial charge in [0.15, 0.2) is 0 Å². The molecule has 1 N–H and O–H groups in total. The molecule has 7 nitrogen and oxygen atoms in total. The van der Waals surface area contributed by atoms with Crippen LogP contribution in [0.1, 0.15) is 38.5 Å². The minimum absolute atomic E-state index is 0.0329. The van der Waals surface area contributed by atoms with Crippen molar-refractivity contribution in [3.63, 3.8) is 0 Å². The summed E-state index contributed by atoms with van der Waals surface area (Å²) in [4.78, 5) is 15.3. The van der Waals surface area contributed by atoms with Crippen LogP contribution in [0.2, 0.25) is 0 Å². The number of nitrogens with zero attached hydrogens (tertiary/aromatic N) is 2. The number of amides is 1. The summed E-state index contributed by atoms with van der Waals surface area (Å²) in [5.41, 5.74) is 0. The van der Waals surface area contributed by atoms with Crippen LogP contribution < -0.4 is 10.1 Å². The Kier molecular flexibility index (Phi) is 7.91. The number of carbonyl (C=O) groups is 1. The molecule has 0 aliphatic carbocycles. The third-order valence-corrected chi connectivity index (χ3v) is 7.76. The van der Waals surface area contributed by atoms with E-state index in [1.54, 1.807) is 31.4 Å². The van der Waals surface area contributed by atoms with Crippen LogP contribution in [0.15, 0.2) is 29.2 Å². The maximum absolute atomic E-state index is 13.0. The number of methoxy groups -OCH3 is 1. The molecule has 1 aromatic carbocycles. The Morgan fingerprint density at radius 3 is 2.41 bits per heavy atom. The lowest BCUT2D eigenvalue weighted by molar-refractivity contribution is -0.126. The lowest BCUT2D eigenvalue weighted by atomic mass is 9.99. The Hall–Kier alpha value is -1.64. The van der Waals surface area contributed by atoms with E-state index in [4.69, 9.17) is 4.74 Å². The van der Waals surface area contributed by atoms with Crippen molar-refractivity contribution in [1.29, 1.82) is 0 Å². The molecule has 1 aromatic rings. The summed E-state index contributed by atoms with van der Waals surface area (Å²) in [5, 5.41) is 3.03. The molecule has 2 aliphatic rings. The maximum atomic E-state index is 13.0. The summed E-state index contributed by atoms with van der Waals surface area (Å²) in [6.45, 7) is 4.39. The first-order valence-electron chi connectivity index (χ1n) is 10.6. The van der Waals surface area contributed by atoms with E-state index in [9.17, 15) is 13.2 Å². The molecule has 2 fully saturated rings. The van der Waals surface area contributed by atoms with Gasteiger partial charge in [0.05, 0.1) is 17.9 Å². The first kappa shape index (κ1) is 22.1. The summed E-state index contributed by atoms with van der Waals surface area (Å²) >= 11 is 0. The summed E-state index contributed by atoms with van der Waals surface area (Å²) < 4.78 is 32.5. The van der Waals surface area contributed by atoms with Gasteiger partial charge in [0.25, 0.3) is 0 Å². The molecule has 0 spiro atoms. The average Bonchev–Trinajstić information content (AvgIpc) is 3.02. The molecule has 162 valence electrons. The molecule has 0 saturated carbocycles. The maximum Gasteiger partial charge on any atom is 0.243 e. The highest BCUT2D eigenvalue weighted by Gasteiger charge is 2.33. The molecule has 29 heavy (non-hydrogen) atoms. The Morgan fingerprint density at radius 2 is 1.76 bits per heavy atom. The van der Waals surface area contributed by atoms with E-state index in [0.717, 1.165) is 26.1 Å². The highest BCUT2D eigenvalue weighted by molar-refractivity contribution is 7.89. The Bertz CT molecular complexity index is 759. The minimum Gasteiger partial charge on any atom is -0.497 e. The average molecular weight is 424 g/mol. The van der Waals surface area contributed by atoms with Crippen LogP contribution in [0.5, 0.6) is 5.75 Å². The number of piperidine rings is 1. The summed E-state index contributed by atoms with van der Waals surface area (Å²) in [6, 6.07) is 6.39. The molecule has 0 aromatic heterocycles. The van der Waals surface area contributed by atoms with Crippen LogP contribution in [0.25, 0.3) is 0 Å². The summed E-state index contributed by atoms with van der Waals surface area (Å²) in [7, 11) is -2.06. The number of benzene rings is 1.